The number of carbonyl (C=O) groups excluding carboxylic acids is 1. The molecule has 0 N–H and O–H groups in total. The molecule has 1 fully saturated rings. The van der Waals surface area contributed by atoms with Crippen molar-refractivity contribution in [2.45, 2.75) is 32.8 Å². The number of amides is 1. The third kappa shape index (κ3) is 3.85. The lowest BCUT2D eigenvalue weighted by atomic mass is 10.1. The zero-order chi connectivity index (χ0) is 17.1. The van der Waals surface area contributed by atoms with Crippen molar-refractivity contribution >= 4 is 17.5 Å². The van der Waals surface area contributed by atoms with E-state index in [9.17, 15) is 4.79 Å². The summed E-state index contributed by atoms with van der Waals surface area (Å²) in [5.74, 6) is -0.0600. The summed E-state index contributed by atoms with van der Waals surface area (Å²) >= 11 is 6.14. The molecule has 1 aromatic heterocycles. The molecule has 2 heterocycles. The molecule has 0 spiro atoms. The number of likely N-dealkylation sites (tertiary alicyclic amines) is 1. The van der Waals surface area contributed by atoms with Crippen molar-refractivity contribution in [3.63, 3.8) is 0 Å². The molecule has 24 heavy (non-hydrogen) atoms. The van der Waals surface area contributed by atoms with Crippen LogP contribution in [0.3, 0.4) is 0 Å². The number of rotatable bonds is 3. The minimum Gasteiger partial charge on any atom is -0.458 e. The Balaban J connectivity index is 1.70. The fraction of sp³-hybridized carbons (Fsp3) is 0.389. The van der Waals surface area contributed by atoms with Gasteiger partial charge in [0.2, 0.25) is 0 Å². The van der Waals surface area contributed by atoms with Crippen molar-refractivity contribution in [2.24, 2.45) is 0 Å². The number of benzene rings is 1. The average molecular weight is 346 g/mol. The van der Waals surface area contributed by atoms with Crippen LogP contribution in [-0.4, -0.2) is 40.0 Å². The van der Waals surface area contributed by atoms with E-state index in [-0.39, 0.29) is 12.0 Å². The standard InChI is InChI=1S/C18H20ClN3O2/c1-12-10-13(2)21-18(20-12)24-14-6-5-9-22(11-14)17(23)15-7-3-4-8-16(15)19/h3-4,7-8,10,14H,5-6,9,11H2,1-2H3. The number of hydrogen-bond acceptors (Lipinski definition) is 4. The van der Waals surface area contributed by atoms with Gasteiger partial charge in [0.05, 0.1) is 17.1 Å². The lowest BCUT2D eigenvalue weighted by Crippen LogP contribution is -2.44. The Labute approximate surface area is 146 Å². The van der Waals surface area contributed by atoms with Crippen molar-refractivity contribution in [3.8, 4) is 6.01 Å². The van der Waals surface area contributed by atoms with E-state index in [4.69, 9.17) is 16.3 Å². The van der Waals surface area contributed by atoms with Crippen molar-refractivity contribution in [1.29, 1.82) is 0 Å². The zero-order valence-corrected chi connectivity index (χ0v) is 14.6. The predicted molar refractivity (Wildman–Crippen MR) is 92.5 cm³/mol. The Hall–Kier alpha value is -2.14. The molecular weight excluding hydrogens is 326 g/mol. The highest BCUT2D eigenvalue weighted by molar-refractivity contribution is 6.33. The van der Waals surface area contributed by atoms with E-state index in [1.165, 1.54) is 0 Å². The second-order valence-corrected chi connectivity index (χ2v) is 6.45. The highest BCUT2D eigenvalue weighted by Gasteiger charge is 2.27. The van der Waals surface area contributed by atoms with Crippen LogP contribution in [0.5, 0.6) is 6.01 Å². The molecule has 0 radical (unpaired) electrons. The fourth-order valence-corrected chi connectivity index (χ4v) is 3.14. The average Bonchev–Trinajstić information content (AvgIpc) is 2.54. The molecule has 0 saturated carbocycles. The third-order valence-corrected chi connectivity index (χ3v) is 4.33. The van der Waals surface area contributed by atoms with Crippen LogP contribution in [0.2, 0.25) is 5.02 Å². The molecule has 2 aromatic rings. The summed E-state index contributed by atoms with van der Waals surface area (Å²) in [6, 6.07) is 9.41. The first-order valence-corrected chi connectivity index (χ1v) is 8.43. The van der Waals surface area contributed by atoms with Gasteiger partial charge in [-0.3, -0.25) is 4.79 Å². The molecule has 0 aliphatic carbocycles. The van der Waals surface area contributed by atoms with E-state index in [1.54, 1.807) is 17.0 Å². The number of carbonyl (C=O) groups is 1. The van der Waals surface area contributed by atoms with E-state index in [0.717, 1.165) is 24.2 Å². The van der Waals surface area contributed by atoms with Crippen LogP contribution in [0.15, 0.2) is 30.3 Å². The van der Waals surface area contributed by atoms with Crippen LogP contribution in [0, 0.1) is 13.8 Å². The largest absolute Gasteiger partial charge is 0.458 e. The van der Waals surface area contributed by atoms with Gasteiger partial charge < -0.3 is 9.64 Å². The Bertz CT molecular complexity index is 731. The molecule has 0 bridgehead atoms. The Morgan fingerprint density at radius 3 is 2.67 bits per heavy atom. The number of aryl methyl sites for hydroxylation is 2. The summed E-state index contributed by atoms with van der Waals surface area (Å²) in [6.45, 7) is 5.04. The summed E-state index contributed by atoms with van der Waals surface area (Å²) in [5.41, 5.74) is 2.28. The number of halogens is 1. The zero-order valence-electron chi connectivity index (χ0n) is 13.8. The Kier molecular flexibility index (Phi) is 5.00. The quantitative estimate of drug-likeness (QED) is 0.855. The normalized spacial score (nSPS) is 17.6. The van der Waals surface area contributed by atoms with Gasteiger partial charge in [-0.1, -0.05) is 23.7 Å². The summed E-state index contributed by atoms with van der Waals surface area (Å²) in [6.07, 6.45) is 1.65. The smallest absolute Gasteiger partial charge is 0.317 e. The van der Waals surface area contributed by atoms with Gasteiger partial charge in [0.1, 0.15) is 6.10 Å². The maximum Gasteiger partial charge on any atom is 0.317 e. The second-order valence-electron chi connectivity index (χ2n) is 6.05. The van der Waals surface area contributed by atoms with Gasteiger partial charge >= 0.3 is 6.01 Å². The maximum atomic E-state index is 12.7. The van der Waals surface area contributed by atoms with Crippen LogP contribution in [0.1, 0.15) is 34.6 Å². The van der Waals surface area contributed by atoms with Gasteiger partial charge in [0, 0.05) is 17.9 Å². The third-order valence-electron chi connectivity index (χ3n) is 4.00. The second kappa shape index (κ2) is 7.18. The highest BCUT2D eigenvalue weighted by Crippen LogP contribution is 2.21. The van der Waals surface area contributed by atoms with Gasteiger partial charge in [0.15, 0.2) is 0 Å². The van der Waals surface area contributed by atoms with Gasteiger partial charge in [-0.05, 0) is 44.9 Å². The number of nitrogens with zero attached hydrogens (tertiary/aromatic N) is 3. The van der Waals surface area contributed by atoms with E-state index in [2.05, 4.69) is 9.97 Å². The lowest BCUT2D eigenvalue weighted by Gasteiger charge is -2.32. The first-order valence-electron chi connectivity index (χ1n) is 8.05. The summed E-state index contributed by atoms with van der Waals surface area (Å²) in [7, 11) is 0. The van der Waals surface area contributed by atoms with Crippen molar-refractivity contribution < 1.29 is 9.53 Å². The molecule has 1 aliphatic heterocycles. The molecular formula is C18H20ClN3O2. The van der Waals surface area contributed by atoms with Crippen molar-refractivity contribution in [2.75, 3.05) is 13.1 Å². The van der Waals surface area contributed by atoms with Crippen molar-refractivity contribution in [1.82, 2.24) is 14.9 Å². The first-order chi connectivity index (χ1) is 11.5. The molecule has 1 unspecified atom stereocenters. The topological polar surface area (TPSA) is 55.3 Å². The molecule has 3 rings (SSSR count). The summed E-state index contributed by atoms with van der Waals surface area (Å²) < 4.78 is 5.91. The molecule has 1 amide bonds. The molecule has 1 saturated heterocycles. The van der Waals surface area contributed by atoms with Crippen LogP contribution < -0.4 is 4.74 Å². The molecule has 126 valence electrons. The van der Waals surface area contributed by atoms with Gasteiger partial charge in [-0.2, -0.15) is 0 Å². The maximum absolute atomic E-state index is 12.7. The Morgan fingerprint density at radius 1 is 1.25 bits per heavy atom. The molecule has 5 nitrogen and oxygen atoms in total. The minimum absolute atomic E-state index is 0.0600. The van der Waals surface area contributed by atoms with Crippen LogP contribution in [0.25, 0.3) is 0 Å². The number of aromatic nitrogens is 2. The monoisotopic (exact) mass is 345 g/mol. The van der Waals surface area contributed by atoms with Crippen LogP contribution in [0.4, 0.5) is 0 Å². The van der Waals surface area contributed by atoms with Gasteiger partial charge in [-0.25, -0.2) is 9.97 Å². The summed E-state index contributed by atoms with van der Waals surface area (Å²) in [5, 5.41) is 0.475. The number of hydrogen-bond donors (Lipinski definition) is 0. The van der Waals surface area contributed by atoms with Gasteiger partial charge in [-0.15, -0.1) is 0 Å². The van der Waals surface area contributed by atoms with Crippen LogP contribution in [-0.2, 0) is 0 Å². The van der Waals surface area contributed by atoms with E-state index >= 15 is 0 Å². The van der Waals surface area contributed by atoms with Crippen molar-refractivity contribution in [3.05, 3.63) is 52.3 Å². The molecule has 1 aliphatic rings. The Morgan fingerprint density at radius 2 is 1.96 bits per heavy atom. The lowest BCUT2D eigenvalue weighted by molar-refractivity contribution is 0.0515. The van der Waals surface area contributed by atoms with Crippen LogP contribution >= 0.6 is 11.6 Å². The molecule has 1 aromatic carbocycles. The highest BCUT2D eigenvalue weighted by atomic mass is 35.5. The molecule has 6 heteroatoms. The van der Waals surface area contributed by atoms with Gasteiger partial charge in [0.25, 0.3) is 5.91 Å². The number of piperidine rings is 1. The fourth-order valence-electron chi connectivity index (χ4n) is 2.92. The van der Waals surface area contributed by atoms with E-state index < -0.39 is 0 Å². The SMILES string of the molecule is Cc1cc(C)nc(OC2CCCN(C(=O)c3ccccc3Cl)C2)n1. The minimum atomic E-state index is -0.105. The number of ether oxygens (including phenoxy) is 1. The predicted octanol–water partition coefficient (Wildman–Crippen LogP) is 3.43. The van der Waals surface area contributed by atoms with E-state index in [1.807, 2.05) is 32.0 Å². The van der Waals surface area contributed by atoms with E-state index in [0.29, 0.717) is 29.7 Å². The first kappa shape index (κ1) is 16.7. The summed E-state index contributed by atoms with van der Waals surface area (Å²) in [4.78, 5) is 23.1. The molecule has 1 atom stereocenters.